The Kier molecular flexibility index (Phi) is 7.83. The molecule has 1 aromatic carbocycles. The summed E-state index contributed by atoms with van der Waals surface area (Å²) in [7, 11) is 1.88. The number of anilines is 1. The number of fused-ring (bicyclic) bond motifs is 1. The Labute approximate surface area is 166 Å². The quantitative estimate of drug-likeness (QED) is 0.529. The van der Waals surface area contributed by atoms with E-state index < -0.39 is 0 Å². The summed E-state index contributed by atoms with van der Waals surface area (Å²) in [6, 6.07) is 11.0. The van der Waals surface area contributed by atoms with E-state index in [1.165, 1.54) is 12.8 Å². The second-order valence-electron chi connectivity index (χ2n) is 6.39. The maximum Gasteiger partial charge on any atom is 0.260 e. The predicted molar refractivity (Wildman–Crippen MR) is 114 cm³/mol. The number of nitrogens with two attached hydrogens (primary N) is 1. The van der Waals surface area contributed by atoms with Crippen molar-refractivity contribution in [3.63, 3.8) is 0 Å². The number of rotatable bonds is 6. The van der Waals surface area contributed by atoms with Crippen molar-refractivity contribution < 1.29 is 4.79 Å². The minimum Gasteiger partial charge on any atom is -0.382 e. The molecule has 0 spiro atoms. The van der Waals surface area contributed by atoms with Crippen LogP contribution in [-0.4, -0.2) is 30.1 Å². The fourth-order valence-corrected chi connectivity index (χ4v) is 2.79. The first-order chi connectivity index (χ1) is 13.6. The van der Waals surface area contributed by atoms with E-state index in [2.05, 4.69) is 29.1 Å². The lowest BCUT2D eigenvalue weighted by Gasteiger charge is -2.15. The number of amides is 1. The van der Waals surface area contributed by atoms with Gasteiger partial charge in [0.25, 0.3) is 5.91 Å². The number of nitrogens with one attached hydrogen (secondary N) is 2. The molecule has 0 saturated heterocycles. The highest BCUT2D eigenvalue weighted by molar-refractivity contribution is 6.10. The van der Waals surface area contributed by atoms with Gasteiger partial charge in [-0.15, -0.1) is 0 Å². The summed E-state index contributed by atoms with van der Waals surface area (Å²) < 4.78 is 0. The Balaban J connectivity index is 0.000000640. The summed E-state index contributed by atoms with van der Waals surface area (Å²) in [4.78, 5) is 22.5. The smallest absolute Gasteiger partial charge is 0.260 e. The largest absolute Gasteiger partial charge is 0.382 e. The minimum atomic E-state index is -0.0739. The summed E-state index contributed by atoms with van der Waals surface area (Å²) in [5.41, 5.74) is 9.05. The highest BCUT2D eigenvalue weighted by Crippen LogP contribution is 2.29. The number of aliphatic imine (C=N–C) groups is 1. The van der Waals surface area contributed by atoms with Gasteiger partial charge in [0.1, 0.15) is 17.9 Å². The number of hydrogen-bond donors (Lipinski definition) is 3. The number of unbranched alkanes of at least 4 members (excludes halogenated alkanes) is 1. The van der Waals surface area contributed by atoms with Crippen LogP contribution in [0.2, 0.25) is 0 Å². The second kappa shape index (κ2) is 10.3. The van der Waals surface area contributed by atoms with E-state index in [9.17, 15) is 4.79 Å². The molecule has 1 aliphatic heterocycles. The first-order valence-electron chi connectivity index (χ1n) is 9.44. The predicted octanol–water partition coefficient (Wildman–Crippen LogP) is 3.08. The van der Waals surface area contributed by atoms with Crippen LogP contribution < -0.4 is 16.0 Å². The van der Waals surface area contributed by atoms with Gasteiger partial charge in [-0.1, -0.05) is 44.9 Å². The molecule has 3 rings (SSSR count). The van der Waals surface area contributed by atoms with Crippen molar-refractivity contribution in [3.05, 3.63) is 58.8 Å². The fourth-order valence-electron chi connectivity index (χ4n) is 2.79. The molecule has 7 nitrogen and oxygen atoms in total. The fraction of sp³-hybridized carbons (Fsp3) is 0.333. The highest BCUT2D eigenvalue weighted by atomic mass is 16.2. The molecule has 4 N–H and O–H groups in total. The number of carbonyl (C=O) groups excluding carboxylic acids is 1. The lowest BCUT2D eigenvalue weighted by Crippen LogP contribution is -2.25. The molecule has 0 aliphatic carbocycles. The number of amidine groups is 1. The molecule has 1 aromatic heterocycles. The van der Waals surface area contributed by atoms with E-state index in [0.29, 0.717) is 30.2 Å². The third-order valence-electron chi connectivity index (χ3n) is 4.41. The first-order valence-corrected chi connectivity index (χ1v) is 9.44. The van der Waals surface area contributed by atoms with Gasteiger partial charge in [0, 0.05) is 12.1 Å². The molecule has 1 aliphatic rings. The molecule has 2 heterocycles. The summed E-state index contributed by atoms with van der Waals surface area (Å²) in [5.74, 6) is 0.592. The van der Waals surface area contributed by atoms with Crippen LogP contribution in [0.15, 0.2) is 41.4 Å². The van der Waals surface area contributed by atoms with Crippen LogP contribution in [0, 0.1) is 5.41 Å². The van der Waals surface area contributed by atoms with E-state index in [1.807, 2.05) is 25.2 Å². The third kappa shape index (κ3) is 4.80. The zero-order chi connectivity index (χ0) is 20.5. The summed E-state index contributed by atoms with van der Waals surface area (Å²) in [5, 5.41) is 10.1. The Bertz CT molecular complexity index is 860. The zero-order valence-corrected chi connectivity index (χ0v) is 16.7. The third-order valence-corrected chi connectivity index (χ3v) is 4.41. The molecular weight excluding hydrogens is 352 g/mol. The van der Waals surface area contributed by atoms with E-state index in [1.54, 1.807) is 23.1 Å². The molecule has 2 aromatic rings. The molecule has 0 fully saturated rings. The van der Waals surface area contributed by atoms with Crippen molar-refractivity contribution in [2.75, 3.05) is 11.9 Å². The van der Waals surface area contributed by atoms with Crippen LogP contribution >= 0.6 is 0 Å². The van der Waals surface area contributed by atoms with Crippen LogP contribution in [0.25, 0.3) is 0 Å². The average Bonchev–Trinajstić information content (AvgIpc) is 3.06. The number of benzene rings is 1. The minimum absolute atomic E-state index is 0.0739. The van der Waals surface area contributed by atoms with Crippen LogP contribution in [0.4, 0.5) is 5.82 Å². The van der Waals surface area contributed by atoms with Crippen molar-refractivity contribution in [2.45, 2.75) is 39.8 Å². The van der Waals surface area contributed by atoms with Crippen LogP contribution in [0.5, 0.6) is 0 Å². The molecule has 28 heavy (non-hydrogen) atoms. The molecule has 0 saturated carbocycles. The first kappa shape index (κ1) is 21.2. The molecule has 148 valence electrons. The Morgan fingerprint density at radius 2 is 2.00 bits per heavy atom. The highest BCUT2D eigenvalue weighted by Gasteiger charge is 2.30. The SMILES string of the molecule is CCCC.CNCc1cccc2c1CN(c1cccc(C(N)=NC=N)n1)C2=O. The van der Waals surface area contributed by atoms with Crippen molar-refractivity contribution in [3.8, 4) is 0 Å². The number of nitrogens with zero attached hydrogens (tertiary/aromatic N) is 3. The molecule has 0 atom stereocenters. The topological polar surface area (TPSA) is 107 Å². The second-order valence-corrected chi connectivity index (χ2v) is 6.39. The van der Waals surface area contributed by atoms with E-state index in [4.69, 9.17) is 11.1 Å². The lowest BCUT2D eigenvalue weighted by atomic mass is 10.0. The standard InChI is InChI=1S/C17H18N6O.C4H10/c1-20-8-11-4-2-5-12-13(11)9-23(17(12)24)15-7-3-6-14(22-15)16(19)21-10-18;1-3-4-2/h2-7,10,20H,8-9H2,1H3,(H3,18,19,21);3-4H2,1-2H3. The van der Waals surface area contributed by atoms with Gasteiger partial charge in [-0.25, -0.2) is 9.98 Å². The number of hydrogen-bond acceptors (Lipinski definition) is 4. The van der Waals surface area contributed by atoms with Gasteiger partial charge in [-0.05, 0) is 36.4 Å². The molecule has 1 amide bonds. The van der Waals surface area contributed by atoms with Crippen molar-refractivity contribution >= 4 is 23.9 Å². The van der Waals surface area contributed by atoms with E-state index in [0.717, 1.165) is 17.5 Å². The maximum atomic E-state index is 12.7. The molecule has 0 radical (unpaired) electrons. The monoisotopic (exact) mass is 380 g/mol. The van der Waals surface area contributed by atoms with Gasteiger partial charge in [-0.3, -0.25) is 15.1 Å². The van der Waals surface area contributed by atoms with E-state index >= 15 is 0 Å². The molecule has 7 heteroatoms. The summed E-state index contributed by atoms with van der Waals surface area (Å²) in [6.45, 7) is 5.54. The molecule has 0 unspecified atom stereocenters. The number of aromatic nitrogens is 1. The van der Waals surface area contributed by atoms with Gasteiger partial charge < -0.3 is 11.1 Å². The van der Waals surface area contributed by atoms with Crippen molar-refractivity contribution in [1.29, 1.82) is 5.41 Å². The number of pyridine rings is 1. The number of carbonyl (C=O) groups is 1. The Morgan fingerprint density at radius 3 is 2.64 bits per heavy atom. The normalized spacial score (nSPS) is 13.0. The van der Waals surface area contributed by atoms with Crippen LogP contribution in [0.1, 0.15) is 53.9 Å². The van der Waals surface area contributed by atoms with Gasteiger partial charge in [0.2, 0.25) is 0 Å². The van der Waals surface area contributed by atoms with Gasteiger partial charge in [0.15, 0.2) is 5.84 Å². The van der Waals surface area contributed by atoms with Gasteiger partial charge >= 0.3 is 0 Å². The maximum absolute atomic E-state index is 12.7. The molecule has 0 bridgehead atoms. The zero-order valence-electron chi connectivity index (χ0n) is 16.7. The Morgan fingerprint density at radius 1 is 1.29 bits per heavy atom. The summed E-state index contributed by atoms with van der Waals surface area (Å²) >= 11 is 0. The van der Waals surface area contributed by atoms with Gasteiger partial charge in [-0.2, -0.15) is 0 Å². The van der Waals surface area contributed by atoms with Crippen molar-refractivity contribution in [1.82, 2.24) is 10.3 Å². The van der Waals surface area contributed by atoms with Crippen LogP contribution in [0.3, 0.4) is 0 Å². The average molecular weight is 380 g/mol. The van der Waals surface area contributed by atoms with Crippen molar-refractivity contribution in [2.24, 2.45) is 10.7 Å². The van der Waals surface area contributed by atoms with Gasteiger partial charge in [0.05, 0.1) is 6.54 Å². The van der Waals surface area contributed by atoms with E-state index in [-0.39, 0.29) is 11.7 Å². The summed E-state index contributed by atoms with van der Waals surface area (Å²) in [6.07, 6.45) is 3.50. The van der Waals surface area contributed by atoms with Crippen LogP contribution in [-0.2, 0) is 13.1 Å². The Hall–Kier alpha value is -3.06. The molecular formula is C21H28N6O. The lowest BCUT2D eigenvalue weighted by molar-refractivity contribution is 0.0996.